The van der Waals surface area contributed by atoms with Gasteiger partial charge in [-0.05, 0) is 55.4 Å². The standard InChI is InChI=1S/C22H23F3N2O4S/c1-12(22(23,24)25)31-17-6-5-15(32(2)29)7-16(17)20(28)27-9-14-8-21(14,11-27)18-10-30-19(26-18)13-3-4-13/h5-7,10,12-14H,3-4,8-9,11H2,1-2H3/t12-,14?,21?,32?/m1/s1. The van der Waals surface area contributed by atoms with E-state index in [4.69, 9.17) is 9.15 Å². The predicted molar refractivity (Wildman–Crippen MR) is 109 cm³/mol. The molecule has 2 aliphatic carbocycles. The number of nitrogens with zero attached hydrogens (tertiary/aromatic N) is 2. The zero-order chi connectivity index (χ0) is 22.8. The van der Waals surface area contributed by atoms with E-state index in [0.29, 0.717) is 23.9 Å². The summed E-state index contributed by atoms with van der Waals surface area (Å²) in [5.41, 5.74) is 0.590. The molecule has 10 heteroatoms. The number of ether oxygens (including phenoxy) is 1. The Morgan fingerprint density at radius 1 is 1.41 bits per heavy atom. The second-order valence-electron chi connectivity index (χ2n) is 9.00. The Kier molecular flexibility index (Phi) is 5.01. The van der Waals surface area contributed by atoms with Crippen molar-refractivity contribution in [2.45, 2.75) is 54.7 Å². The third-order valence-electron chi connectivity index (χ3n) is 6.67. The zero-order valence-electron chi connectivity index (χ0n) is 17.6. The molecule has 1 aromatic heterocycles. The lowest BCUT2D eigenvalue weighted by Gasteiger charge is -2.24. The van der Waals surface area contributed by atoms with Crippen molar-refractivity contribution >= 4 is 17.1 Å². The van der Waals surface area contributed by atoms with Gasteiger partial charge in [-0.2, -0.15) is 13.2 Å². The van der Waals surface area contributed by atoms with E-state index >= 15 is 0 Å². The Morgan fingerprint density at radius 2 is 2.16 bits per heavy atom. The van der Waals surface area contributed by atoms with E-state index in [9.17, 15) is 22.5 Å². The highest BCUT2D eigenvalue weighted by Gasteiger charge is 2.63. The van der Waals surface area contributed by atoms with Crippen LogP contribution in [-0.2, 0) is 16.6 Å². The quantitative estimate of drug-likeness (QED) is 0.598. The number of benzene rings is 1. The highest BCUT2D eigenvalue weighted by molar-refractivity contribution is 7.90. The monoisotopic (exact) mass is 468 g/mol. The second kappa shape index (κ2) is 7.41. The van der Waals surface area contributed by atoms with Crippen LogP contribution in [0.15, 0.2) is 33.8 Å². The van der Waals surface area contributed by atoms with Crippen molar-refractivity contribution in [2.24, 2.45) is 5.92 Å². The first-order valence-electron chi connectivity index (χ1n) is 10.5. The molecule has 0 bridgehead atoms. The third kappa shape index (κ3) is 3.77. The molecule has 1 amide bonds. The molecule has 172 valence electrons. The first kappa shape index (κ1) is 21.6. The van der Waals surface area contributed by atoms with Gasteiger partial charge in [-0.3, -0.25) is 4.79 Å². The van der Waals surface area contributed by atoms with Gasteiger partial charge in [-0.25, -0.2) is 4.98 Å². The molecule has 1 aromatic carbocycles. The van der Waals surface area contributed by atoms with Crippen molar-refractivity contribution in [3.63, 3.8) is 0 Å². The van der Waals surface area contributed by atoms with E-state index in [1.54, 1.807) is 11.2 Å². The van der Waals surface area contributed by atoms with Gasteiger partial charge in [0.25, 0.3) is 5.91 Å². The molecule has 4 atom stereocenters. The first-order chi connectivity index (χ1) is 15.1. The number of halogens is 3. The van der Waals surface area contributed by atoms with Gasteiger partial charge < -0.3 is 18.6 Å². The van der Waals surface area contributed by atoms with Crippen LogP contribution in [0, 0.1) is 5.92 Å². The van der Waals surface area contributed by atoms with Crippen molar-refractivity contribution in [3.8, 4) is 5.75 Å². The van der Waals surface area contributed by atoms with E-state index in [2.05, 4.69) is 4.98 Å². The van der Waals surface area contributed by atoms with Crippen molar-refractivity contribution < 1.29 is 31.7 Å². The average molecular weight is 468 g/mol. The van der Waals surface area contributed by atoms with E-state index in [0.717, 1.165) is 37.8 Å². The predicted octanol–water partition coefficient (Wildman–Crippen LogP) is 4.03. The fourth-order valence-electron chi connectivity index (χ4n) is 4.45. The Balaban J connectivity index is 1.39. The number of rotatable bonds is 6. The maximum atomic E-state index is 13.4. The maximum Gasteiger partial charge on any atom is 0.425 e. The summed E-state index contributed by atoms with van der Waals surface area (Å²) in [6.07, 6.45) is -0.461. The number of hydrogen-bond acceptors (Lipinski definition) is 5. The summed E-state index contributed by atoms with van der Waals surface area (Å²) in [5.74, 6) is 0.787. The Hall–Kier alpha value is -2.20. The molecule has 6 nitrogen and oxygen atoms in total. The molecule has 0 N–H and O–H groups in total. The van der Waals surface area contributed by atoms with E-state index in [1.807, 2.05) is 0 Å². The summed E-state index contributed by atoms with van der Waals surface area (Å²) in [7, 11) is 0. The number of amides is 1. The van der Waals surface area contributed by atoms with Crippen LogP contribution in [0.3, 0.4) is 0 Å². The first-order valence-corrected chi connectivity index (χ1v) is 12.1. The van der Waals surface area contributed by atoms with Crippen LogP contribution in [0.4, 0.5) is 13.2 Å². The zero-order valence-corrected chi connectivity index (χ0v) is 18.5. The van der Waals surface area contributed by atoms with Gasteiger partial charge in [0.2, 0.25) is 0 Å². The Morgan fingerprint density at radius 3 is 2.81 bits per heavy atom. The number of fused-ring (bicyclic) bond motifs is 1. The maximum absolute atomic E-state index is 13.4. The lowest BCUT2D eigenvalue weighted by molar-refractivity contribution is -0.189. The SMILES string of the molecule is C[C@@H](Oc1ccc([S+](C)[O-])cc1C(=O)N1CC2CC2(c2coc(C3CC3)n2)C1)C(F)(F)F. The van der Waals surface area contributed by atoms with Crippen LogP contribution >= 0.6 is 0 Å². The molecule has 2 aromatic rings. The normalized spacial score (nSPS) is 26.6. The minimum Gasteiger partial charge on any atom is -0.612 e. The van der Waals surface area contributed by atoms with Crippen molar-refractivity contribution in [1.82, 2.24) is 9.88 Å². The Labute approximate surface area is 186 Å². The second-order valence-corrected chi connectivity index (χ2v) is 10.4. The van der Waals surface area contributed by atoms with Gasteiger partial charge in [-0.1, -0.05) is 0 Å². The van der Waals surface area contributed by atoms with Gasteiger partial charge in [-0.15, -0.1) is 0 Å². The highest BCUT2D eigenvalue weighted by Crippen LogP contribution is 2.59. The van der Waals surface area contributed by atoms with Crippen LogP contribution in [0.25, 0.3) is 0 Å². The molecule has 3 unspecified atom stereocenters. The molecular formula is C22H23F3N2O4S. The molecule has 3 fully saturated rings. The van der Waals surface area contributed by atoms with Crippen LogP contribution in [-0.4, -0.2) is 52.0 Å². The van der Waals surface area contributed by atoms with Crippen molar-refractivity contribution in [2.75, 3.05) is 19.3 Å². The summed E-state index contributed by atoms with van der Waals surface area (Å²) in [6, 6.07) is 4.08. The molecule has 0 spiro atoms. The largest absolute Gasteiger partial charge is 0.612 e. The molecule has 32 heavy (non-hydrogen) atoms. The smallest absolute Gasteiger partial charge is 0.425 e. The van der Waals surface area contributed by atoms with Gasteiger partial charge in [0.05, 0.1) is 11.3 Å². The Bertz CT molecular complexity index is 1050. The number of piperidine rings is 1. The van der Waals surface area contributed by atoms with E-state index in [-0.39, 0.29) is 22.6 Å². The number of alkyl halides is 3. The summed E-state index contributed by atoms with van der Waals surface area (Å²) < 4.78 is 61.8. The molecule has 3 aliphatic rings. The molecule has 0 radical (unpaired) electrons. The number of oxazole rings is 1. The van der Waals surface area contributed by atoms with Crippen molar-refractivity contribution in [1.29, 1.82) is 0 Å². The molecule has 2 heterocycles. The molecule has 5 rings (SSSR count). The van der Waals surface area contributed by atoms with Crippen LogP contribution in [0.5, 0.6) is 5.75 Å². The average Bonchev–Trinajstić information content (AvgIpc) is 3.62. The van der Waals surface area contributed by atoms with Crippen LogP contribution < -0.4 is 4.74 Å². The fourth-order valence-corrected chi connectivity index (χ4v) is 5.00. The van der Waals surface area contributed by atoms with E-state index < -0.39 is 29.4 Å². The number of aromatic nitrogens is 1. The molecule has 1 aliphatic heterocycles. The van der Waals surface area contributed by atoms with Gasteiger partial charge in [0, 0.05) is 30.5 Å². The topological polar surface area (TPSA) is 78.6 Å². The summed E-state index contributed by atoms with van der Waals surface area (Å²) >= 11 is -1.40. The number of carbonyl (C=O) groups excluding carboxylic acids is 1. The minimum absolute atomic E-state index is 0.0101. The van der Waals surface area contributed by atoms with Gasteiger partial charge in [0.1, 0.15) is 18.3 Å². The summed E-state index contributed by atoms with van der Waals surface area (Å²) in [4.78, 5) is 20.0. The summed E-state index contributed by atoms with van der Waals surface area (Å²) in [6.45, 7) is 1.79. The highest BCUT2D eigenvalue weighted by atomic mass is 32.2. The molecule has 2 saturated carbocycles. The van der Waals surface area contributed by atoms with E-state index in [1.165, 1.54) is 24.5 Å². The molecule has 1 saturated heterocycles. The minimum atomic E-state index is -4.57. The van der Waals surface area contributed by atoms with Gasteiger partial charge in [0.15, 0.2) is 16.9 Å². The lowest BCUT2D eigenvalue weighted by Crippen LogP contribution is -2.35. The van der Waals surface area contributed by atoms with Crippen LogP contribution in [0.1, 0.15) is 54.0 Å². The summed E-state index contributed by atoms with van der Waals surface area (Å²) in [5, 5.41) is 0. The number of carbonyl (C=O) groups is 1. The number of likely N-dealkylation sites (tertiary alicyclic amines) is 1. The van der Waals surface area contributed by atoms with Crippen LogP contribution in [0.2, 0.25) is 0 Å². The van der Waals surface area contributed by atoms with Gasteiger partial charge >= 0.3 is 6.18 Å². The molecular weight excluding hydrogens is 445 g/mol. The third-order valence-corrected chi connectivity index (χ3v) is 7.59. The lowest BCUT2D eigenvalue weighted by atomic mass is 10.0. The fraction of sp³-hybridized carbons (Fsp3) is 0.545. The van der Waals surface area contributed by atoms with Crippen molar-refractivity contribution in [3.05, 3.63) is 41.6 Å². The number of hydrogen-bond donors (Lipinski definition) is 0.